The van der Waals surface area contributed by atoms with Crippen LogP contribution in [0.15, 0.2) is 18.2 Å². The molecule has 0 aliphatic carbocycles. The molecule has 1 aliphatic rings. The molecule has 0 radical (unpaired) electrons. The summed E-state index contributed by atoms with van der Waals surface area (Å²) in [6.45, 7) is 5.61. The summed E-state index contributed by atoms with van der Waals surface area (Å²) < 4.78 is 0. The average molecular weight is 271 g/mol. The van der Waals surface area contributed by atoms with Crippen molar-refractivity contribution in [3.8, 4) is 6.07 Å². The van der Waals surface area contributed by atoms with Crippen LogP contribution in [0.1, 0.15) is 29.8 Å². The van der Waals surface area contributed by atoms with E-state index in [0.29, 0.717) is 23.1 Å². The minimum Gasteiger partial charge on any atom is -0.369 e. The Morgan fingerprint density at radius 1 is 1.40 bits per heavy atom. The molecule has 0 amide bonds. The van der Waals surface area contributed by atoms with Crippen LogP contribution in [0.3, 0.4) is 0 Å². The topological polar surface area (TPSA) is 47.3 Å². The first-order valence-corrected chi connectivity index (χ1v) is 6.90. The predicted octanol–water partition coefficient (Wildman–Crippen LogP) is 2.15. The number of Topliss-reactive ketones (excluding diaryl/α,β-unsaturated/α-hetero) is 1. The number of ketones is 1. The van der Waals surface area contributed by atoms with E-state index in [1.807, 2.05) is 6.07 Å². The van der Waals surface area contributed by atoms with Gasteiger partial charge in [0.05, 0.1) is 11.6 Å². The summed E-state index contributed by atoms with van der Waals surface area (Å²) in [7, 11) is 4.17. The van der Waals surface area contributed by atoms with E-state index in [0.717, 1.165) is 18.8 Å². The van der Waals surface area contributed by atoms with Gasteiger partial charge in [-0.25, -0.2) is 0 Å². The first kappa shape index (κ1) is 14.5. The molecule has 2 atom stereocenters. The standard InChI is InChI=1S/C16H21N3O/c1-11-9-19(10-16(11)18(3)4)15-7-13(8-17)5-6-14(15)12(2)20/h5-7,11,16H,9-10H2,1-4H3. The lowest BCUT2D eigenvalue weighted by atomic mass is 10.1. The summed E-state index contributed by atoms with van der Waals surface area (Å²) in [5.41, 5.74) is 2.20. The summed E-state index contributed by atoms with van der Waals surface area (Å²) in [6.07, 6.45) is 0. The molecule has 20 heavy (non-hydrogen) atoms. The van der Waals surface area contributed by atoms with Crippen LogP contribution in [-0.4, -0.2) is 43.9 Å². The van der Waals surface area contributed by atoms with E-state index < -0.39 is 0 Å². The van der Waals surface area contributed by atoms with Crippen molar-refractivity contribution in [2.75, 3.05) is 32.1 Å². The molecule has 1 fully saturated rings. The Hall–Kier alpha value is -1.86. The highest BCUT2D eigenvalue weighted by Crippen LogP contribution is 2.30. The largest absolute Gasteiger partial charge is 0.369 e. The zero-order chi connectivity index (χ0) is 14.9. The first-order chi connectivity index (χ1) is 9.43. The van der Waals surface area contributed by atoms with Gasteiger partial charge < -0.3 is 9.80 Å². The van der Waals surface area contributed by atoms with Gasteiger partial charge >= 0.3 is 0 Å². The van der Waals surface area contributed by atoms with Gasteiger partial charge in [0.2, 0.25) is 0 Å². The number of hydrogen-bond donors (Lipinski definition) is 0. The monoisotopic (exact) mass is 271 g/mol. The lowest BCUT2D eigenvalue weighted by molar-refractivity contribution is 0.101. The van der Waals surface area contributed by atoms with Crippen molar-refractivity contribution in [3.63, 3.8) is 0 Å². The summed E-state index contributed by atoms with van der Waals surface area (Å²) in [6, 6.07) is 7.94. The molecule has 2 unspecified atom stereocenters. The highest BCUT2D eigenvalue weighted by Gasteiger charge is 2.32. The van der Waals surface area contributed by atoms with Crippen molar-refractivity contribution < 1.29 is 4.79 Å². The molecule has 0 saturated carbocycles. The Balaban J connectivity index is 2.37. The van der Waals surface area contributed by atoms with E-state index in [1.165, 1.54) is 0 Å². The van der Waals surface area contributed by atoms with E-state index in [2.05, 4.69) is 36.9 Å². The zero-order valence-electron chi connectivity index (χ0n) is 12.6. The predicted molar refractivity (Wildman–Crippen MR) is 80.0 cm³/mol. The van der Waals surface area contributed by atoms with E-state index in [9.17, 15) is 4.79 Å². The Morgan fingerprint density at radius 2 is 2.10 bits per heavy atom. The fraction of sp³-hybridized carbons (Fsp3) is 0.500. The van der Waals surface area contributed by atoms with Crippen LogP contribution in [0.4, 0.5) is 5.69 Å². The molecule has 1 aromatic rings. The van der Waals surface area contributed by atoms with Gasteiger partial charge in [0.15, 0.2) is 5.78 Å². The van der Waals surface area contributed by atoms with Crippen molar-refractivity contribution in [1.29, 1.82) is 5.26 Å². The van der Waals surface area contributed by atoms with Crippen LogP contribution in [0.2, 0.25) is 0 Å². The lowest BCUT2D eigenvalue weighted by Gasteiger charge is -2.24. The third-order valence-corrected chi connectivity index (χ3v) is 4.08. The Labute approximate surface area is 120 Å². The lowest BCUT2D eigenvalue weighted by Crippen LogP contribution is -2.34. The van der Waals surface area contributed by atoms with Gasteiger partial charge in [-0.2, -0.15) is 5.26 Å². The summed E-state index contributed by atoms with van der Waals surface area (Å²) >= 11 is 0. The molecule has 0 aromatic heterocycles. The molecule has 4 heteroatoms. The normalized spacial score (nSPS) is 22.1. The van der Waals surface area contributed by atoms with Crippen LogP contribution in [0, 0.1) is 17.2 Å². The molecule has 106 valence electrons. The van der Waals surface area contributed by atoms with E-state index in [4.69, 9.17) is 5.26 Å². The quantitative estimate of drug-likeness (QED) is 0.790. The van der Waals surface area contributed by atoms with Crippen LogP contribution >= 0.6 is 0 Å². The number of nitrogens with zero attached hydrogens (tertiary/aromatic N) is 3. The number of rotatable bonds is 3. The number of benzene rings is 1. The minimum absolute atomic E-state index is 0.0467. The summed E-state index contributed by atoms with van der Waals surface area (Å²) in [5, 5.41) is 9.06. The molecule has 0 spiro atoms. The molecule has 0 N–H and O–H groups in total. The highest BCUT2D eigenvalue weighted by atomic mass is 16.1. The number of carbonyl (C=O) groups is 1. The first-order valence-electron chi connectivity index (χ1n) is 6.90. The molecular formula is C16H21N3O. The Bertz CT molecular complexity index is 559. The third-order valence-electron chi connectivity index (χ3n) is 4.08. The Kier molecular flexibility index (Phi) is 4.10. The molecule has 1 heterocycles. The maximum absolute atomic E-state index is 11.8. The van der Waals surface area contributed by atoms with Crippen molar-refractivity contribution in [2.45, 2.75) is 19.9 Å². The van der Waals surface area contributed by atoms with Gasteiger partial charge in [-0.1, -0.05) is 6.92 Å². The second-order valence-corrected chi connectivity index (χ2v) is 5.81. The van der Waals surface area contributed by atoms with Crippen molar-refractivity contribution in [2.24, 2.45) is 5.92 Å². The van der Waals surface area contributed by atoms with Crippen molar-refractivity contribution in [1.82, 2.24) is 4.90 Å². The van der Waals surface area contributed by atoms with Crippen LogP contribution in [0.5, 0.6) is 0 Å². The molecule has 2 rings (SSSR count). The average Bonchev–Trinajstić information content (AvgIpc) is 2.80. The van der Waals surface area contributed by atoms with Crippen molar-refractivity contribution >= 4 is 11.5 Å². The summed E-state index contributed by atoms with van der Waals surface area (Å²) in [4.78, 5) is 16.3. The van der Waals surface area contributed by atoms with Gasteiger partial charge in [-0.05, 0) is 45.1 Å². The second kappa shape index (κ2) is 5.64. The van der Waals surface area contributed by atoms with E-state index >= 15 is 0 Å². The minimum atomic E-state index is 0.0467. The number of nitriles is 1. The molecule has 1 aliphatic heterocycles. The van der Waals surface area contributed by atoms with E-state index in [1.54, 1.807) is 19.1 Å². The second-order valence-electron chi connectivity index (χ2n) is 5.81. The van der Waals surface area contributed by atoms with Gasteiger partial charge in [-0.3, -0.25) is 4.79 Å². The van der Waals surface area contributed by atoms with Gasteiger partial charge in [-0.15, -0.1) is 0 Å². The van der Waals surface area contributed by atoms with Crippen LogP contribution in [-0.2, 0) is 0 Å². The fourth-order valence-electron chi connectivity index (χ4n) is 2.98. The molecular weight excluding hydrogens is 250 g/mol. The smallest absolute Gasteiger partial charge is 0.161 e. The van der Waals surface area contributed by atoms with E-state index in [-0.39, 0.29) is 5.78 Å². The van der Waals surface area contributed by atoms with Crippen molar-refractivity contribution in [3.05, 3.63) is 29.3 Å². The highest BCUT2D eigenvalue weighted by molar-refractivity contribution is 6.00. The van der Waals surface area contributed by atoms with Gasteiger partial charge in [0.1, 0.15) is 0 Å². The van der Waals surface area contributed by atoms with Gasteiger partial charge in [0.25, 0.3) is 0 Å². The molecule has 0 bridgehead atoms. The van der Waals surface area contributed by atoms with Gasteiger partial charge in [0, 0.05) is 30.4 Å². The SMILES string of the molecule is CC(=O)c1ccc(C#N)cc1N1CC(C)C(N(C)C)C1. The number of carbonyl (C=O) groups excluding carboxylic acids is 1. The maximum atomic E-state index is 11.8. The maximum Gasteiger partial charge on any atom is 0.161 e. The zero-order valence-corrected chi connectivity index (χ0v) is 12.6. The summed E-state index contributed by atoms with van der Waals surface area (Å²) in [5.74, 6) is 0.584. The Morgan fingerprint density at radius 3 is 2.60 bits per heavy atom. The fourth-order valence-corrected chi connectivity index (χ4v) is 2.98. The van der Waals surface area contributed by atoms with Crippen LogP contribution in [0.25, 0.3) is 0 Å². The molecule has 1 aromatic carbocycles. The van der Waals surface area contributed by atoms with Crippen LogP contribution < -0.4 is 4.90 Å². The molecule has 1 saturated heterocycles. The number of anilines is 1. The number of likely N-dealkylation sites (N-methyl/N-ethyl adjacent to an activating group) is 1. The number of hydrogen-bond acceptors (Lipinski definition) is 4. The molecule has 4 nitrogen and oxygen atoms in total. The third kappa shape index (κ3) is 2.68.